The SMILES string of the molecule is Cc1ccc(OCC(=O)NN=C2CCC(C(C)(C)C)CC2)cc1. The summed E-state index contributed by atoms with van der Waals surface area (Å²) in [6, 6.07) is 7.65. The molecule has 4 nitrogen and oxygen atoms in total. The van der Waals surface area contributed by atoms with E-state index in [-0.39, 0.29) is 12.5 Å². The van der Waals surface area contributed by atoms with E-state index in [4.69, 9.17) is 4.74 Å². The summed E-state index contributed by atoms with van der Waals surface area (Å²) in [4.78, 5) is 11.8. The zero-order valence-electron chi connectivity index (χ0n) is 14.7. The van der Waals surface area contributed by atoms with Gasteiger partial charge in [-0.3, -0.25) is 4.79 Å². The Morgan fingerprint density at radius 3 is 2.39 bits per heavy atom. The van der Waals surface area contributed by atoms with Crippen LogP contribution in [-0.4, -0.2) is 18.2 Å². The summed E-state index contributed by atoms with van der Waals surface area (Å²) in [5.41, 5.74) is 5.23. The van der Waals surface area contributed by atoms with Gasteiger partial charge in [0.15, 0.2) is 6.61 Å². The molecule has 1 fully saturated rings. The van der Waals surface area contributed by atoms with Crippen molar-refractivity contribution in [2.75, 3.05) is 6.61 Å². The van der Waals surface area contributed by atoms with E-state index >= 15 is 0 Å². The van der Waals surface area contributed by atoms with E-state index in [2.05, 4.69) is 31.3 Å². The Labute approximate surface area is 139 Å². The van der Waals surface area contributed by atoms with Gasteiger partial charge in [-0.2, -0.15) is 5.10 Å². The number of rotatable bonds is 4. The van der Waals surface area contributed by atoms with E-state index in [1.54, 1.807) is 0 Å². The molecule has 1 aliphatic rings. The first-order valence-corrected chi connectivity index (χ1v) is 8.38. The van der Waals surface area contributed by atoms with Crippen molar-refractivity contribution in [3.63, 3.8) is 0 Å². The van der Waals surface area contributed by atoms with Crippen molar-refractivity contribution in [2.45, 2.75) is 53.4 Å². The maximum Gasteiger partial charge on any atom is 0.277 e. The first-order chi connectivity index (χ1) is 10.8. The van der Waals surface area contributed by atoms with Gasteiger partial charge >= 0.3 is 0 Å². The van der Waals surface area contributed by atoms with Crippen molar-refractivity contribution in [2.24, 2.45) is 16.4 Å². The molecule has 1 N–H and O–H groups in total. The summed E-state index contributed by atoms with van der Waals surface area (Å²) in [5.74, 6) is 1.22. The van der Waals surface area contributed by atoms with Crippen LogP contribution in [0, 0.1) is 18.3 Å². The molecule has 0 aliphatic heterocycles. The van der Waals surface area contributed by atoms with Crippen molar-refractivity contribution in [1.82, 2.24) is 5.43 Å². The van der Waals surface area contributed by atoms with Gasteiger partial charge in [-0.25, -0.2) is 5.43 Å². The minimum Gasteiger partial charge on any atom is -0.484 e. The van der Waals surface area contributed by atoms with Crippen LogP contribution in [0.2, 0.25) is 0 Å². The van der Waals surface area contributed by atoms with Crippen molar-refractivity contribution in [3.05, 3.63) is 29.8 Å². The second-order valence-electron chi connectivity index (χ2n) is 7.46. The number of amides is 1. The molecule has 126 valence electrons. The minimum atomic E-state index is -0.212. The third kappa shape index (κ3) is 5.70. The molecule has 0 radical (unpaired) electrons. The third-order valence-corrected chi connectivity index (χ3v) is 4.52. The summed E-state index contributed by atoms with van der Waals surface area (Å²) in [6.07, 6.45) is 4.25. The van der Waals surface area contributed by atoms with Crippen LogP contribution in [-0.2, 0) is 4.79 Å². The van der Waals surface area contributed by atoms with Gasteiger partial charge in [0.2, 0.25) is 0 Å². The number of aryl methyl sites for hydroxylation is 1. The van der Waals surface area contributed by atoms with Crippen molar-refractivity contribution >= 4 is 11.6 Å². The van der Waals surface area contributed by atoms with Crippen molar-refractivity contribution in [1.29, 1.82) is 0 Å². The van der Waals surface area contributed by atoms with Crippen LogP contribution in [0.5, 0.6) is 5.75 Å². The lowest BCUT2D eigenvalue weighted by Crippen LogP contribution is -2.29. The Morgan fingerprint density at radius 2 is 1.83 bits per heavy atom. The van der Waals surface area contributed by atoms with Gasteiger partial charge in [-0.15, -0.1) is 0 Å². The number of ether oxygens (including phenoxy) is 1. The fraction of sp³-hybridized carbons (Fsp3) is 0.579. The molecule has 0 heterocycles. The normalized spacial score (nSPS) is 18.4. The number of nitrogens with one attached hydrogen (secondary N) is 1. The molecular formula is C19H28N2O2. The van der Waals surface area contributed by atoms with E-state index in [0.29, 0.717) is 11.2 Å². The molecule has 1 amide bonds. The highest BCUT2D eigenvalue weighted by Crippen LogP contribution is 2.36. The molecule has 1 aromatic rings. The fourth-order valence-electron chi connectivity index (χ4n) is 2.89. The summed E-state index contributed by atoms with van der Waals surface area (Å²) in [6.45, 7) is 8.89. The number of carbonyl (C=O) groups excluding carboxylic acids is 1. The molecule has 0 spiro atoms. The summed E-state index contributed by atoms with van der Waals surface area (Å²) >= 11 is 0. The molecule has 4 heteroatoms. The van der Waals surface area contributed by atoms with Gasteiger partial charge in [-0.05, 0) is 56.1 Å². The lowest BCUT2D eigenvalue weighted by atomic mass is 9.72. The van der Waals surface area contributed by atoms with E-state index in [1.807, 2.05) is 31.2 Å². The number of hydrogen-bond donors (Lipinski definition) is 1. The van der Waals surface area contributed by atoms with Gasteiger partial charge in [0.05, 0.1) is 0 Å². The molecule has 2 rings (SSSR count). The molecule has 0 atom stereocenters. The Kier molecular flexibility index (Phi) is 5.80. The van der Waals surface area contributed by atoms with Crippen LogP contribution >= 0.6 is 0 Å². The Balaban J connectivity index is 1.73. The first kappa shape index (κ1) is 17.5. The van der Waals surface area contributed by atoms with E-state index in [9.17, 15) is 4.79 Å². The molecule has 1 aliphatic carbocycles. The lowest BCUT2D eigenvalue weighted by Gasteiger charge is -2.34. The second-order valence-corrected chi connectivity index (χ2v) is 7.46. The van der Waals surface area contributed by atoms with E-state index in [1.165, 1.54) is 5.56 Å². The topological polar surface area (TPSA) is 50.7 Å². The van der Waals surface area contributed by atoms with Crippen LogP contribution in [0.15, 0.2) is 29.4 Å². The number of nitrogens with zero attached hydrogens (tertiary/aromatic N) is 1. The number of carbonyl (C=O) groups is 1. The molecule has 1 aromatic carbocycles. The van der Waals surface area contributed by atoms with Gasteiger partial charge < -0.3 is 4.74 Å². The number of hydrogen-bond acceptors (Lipinski definition) is 3. The maximum absolute atomic E-state index is 11.8. The molecule has 1 saturated carbocycles. The molecule has 23 heavy (non-hydrogen) atoms. The van der Waals surface area contributed by atoms with E-state index in [0.717, 1.165) is 37.3 Å². The number of benzene rings is 1. The van der Waals surface area contributed by atoms with Crippen molar-refractivity contribution in [3.8, 4) is 5.75 Å². The first-order valence-electron chi connectivity index (χ1n) is 8.38. The highest BCUT2D eigenvalue weighted by Gasteiger charge is 2.28. The molecule has 0 saturated heterocycles. The van der Waals surface area contributed by atoms with Gasteiger partial charge in [0.25, 0.3) is 5.91 Å². The summed E-state index contributed by atoms with van der Waals surface area (Å²) in [5, 5.41) is 4.26. The average molecular weight is 316 g/mol. The quantitative estimate of drug-likeness (QED) is 0.851. The maximum atomic E-state index is 11.8. The Morgan fingerprint density at radius 1 is 1.22 bits per heavy atom. The van der Waals surface area contributed by atoms with Crippen LogP contribution in [0.3, 0.4) is 0 Å². The van der Waals surface area contributed by atoms with Crippen LogP contribution in [0.1, 0.15) is 52.0 Å². The third-order valence-electron chi connectivity index (χ3n) is 4.52. The predicted molar refractivity (Wildman–Crippen MR) is 93.7 cm³/mol. The van der Waals surface area contributed by atoms with Gasteiger partial charge in [0.1, 0.15) is 5.75 Å². The van der Waals surface area contributed by atoms with Crippen LogP contribution in [0.25, 0.3) is 0 Å². The molecule has 0 unspecified atom stereocenters. The zero-order chi connectivity index (χ0) is 16.9. The summed E-state index contributed by atoms with van der Waals surface area (Å²) in [7, 11) is 0. The lowest BCUT2D eigenvalue weighted by molar-refractivity contribution is -0.123. The monoisotopic (exact) mass is 316 g/mol. The smallest absolute Gasteiger partial charge is 0.277 e. The zero-order valence-corrected chi connectivity index (χ0v) is 14.7. The number of hydrazone groups is 1. The Hall–Kier alpha value is -1.84. The largest absolute Gasteiger partial charge is 0.484 e. The van der Waals surface area contributed by atoms with Gasteiger partial charge in [0, 0.05) is 5.71 Å². The van der Waals surface area contributed by atoms with E-state index < -0.39 is 0 Å². The molecular weight excluding hydrogens is 288 g/mol. The highest BCUT2D eigenvalue weighted by atomic mass is 16.5. The predicted octanol–water partition coefficient (Wildman–Crippen LogP) is 4.08. The Bertz CT molecular complexity index is 546. The van der Waals surface area contributed by atoms with Gasteiger partial charge in [-0.1, -0.05) is 38.5 Å². The van der Waals surface area contributed by atoms with Crippen LogP contribution < -0.4 is 10.2 Å². The fourth-order valence-corrected chi connectivity index (χ4v) is 2.89. The molecule has 0 aromatic heterocycles. The van der Waals surface area contributed by atoms with Crippen LogP contribution in [0.4, 0.5) is 0 Å². The minimum absolute atomic E-state index is 0.00947. The highest BCUT2D eigenvalue weighted by molar-refractivity contribution is 5.87. The molecule has 0 bridgehead atoms. The standard InChI is InChI=1S/C19H28N2O2/c1-14-5-11-17(12-6-14)23-13-18(22)21-20-16-9-7-15(8-10-16)19(2,3)4/h5-6,11-12,15H,7-10,13H2,1-4H3,(H,21,22). The van der Waals surface area contributed by atoms with Crippen molar-refractivity contribution < 1.29 is 9.53 Å². The average Bonchev–Trinajstić information content (AvgIpc) is 2.52. The summed E-state index contributed by atoms with van der Waals surface area (Å²) < 4.78 is 5.44. The second kappa shape index (κ2) is 7.62.